The van der Waals surface area contributed by atoms with Gasteiger partial charge in [-0.2, -0.15) is 13.2 Å². The number of benzene rings is 2. The number of amides is 1. The second-order valence-electron chi connectivity index (χ2n) is 5.38. The van der Waals surface area contributed by atoms with Crippen molar-refractivity contribution in [2.24, 2.45) is 0 Å². The van der Waals surface area contributed by atoms with Gasteiger partial charge in [0.25, 0.3) is 5.91 Å². The van der Waals surface area contributed by atoms with Crippen molar-refractivity contribution in [2.45, 2.75) is 6.18 Å². The zero-order valence-electron chi connectivity index (χ0n) is 14.1. The summed E-state index contributed by atoms with van der Waals surface area (Å²) in [5.74, 6) is -1.43. The van der Waals surface area contributed by atoms with Crippen LogP contribution >= 0.6 is 11.6 Å². The minimum absolute atomic E-state index is 0.102. The summed E-state index contributed by atoms with van der Waals surface area (Å²) in [6.45, 7) is -1.24. The molecule has 10 heteroatoms. The molecule has 1 amide bonds. The number of hydrogen-bond acceptors (Lipinski definition) is 5. The molecule has 0 aromatic heterocycles. The van der Waals surface area contributed by atoms with Gasteiger partial charge in [0.15, 0.2) is 13.2 Å². The molecule has 1 N–H and O–H groups in total. The lowest BCUT2D eigenvalue weighted by Gasteiger charge is -2.12. The van der Waals surface area contributed by atoms with Gasteiger partial charge in [0, 0.05) is 5.56 Å². The van der Waals surface area contributed by atoms with Crippen LogP contribution in [-0.2, 0) is 20.5 Å². The van der Waals surface area contributed by atoms with E-state index < -0.39 is 36.8 Å². The van der Waals surface area contributed by atoms with E-state index in [9.17, 15) is 27.6 Å². The van der Waals surface area contributed by atoms with Crippen LogP contribution in [0.5, 0.6) is 5.75 Å². The molecule has 0 saturated heterocycles. The van der Waals surface area contributed by atoms with Gasteiger partial charge in [-0.15, -0.1) is 0 Å². The first-order valence-electron chi connectivity index (χ1n) is 7.69. The third kappa shape index (κ3) is 6.27. The van der Waals surface area contributed by atoms with Crippen LogP contribution in [0.15, 0.2) is 42.5 Å². The smallest absolute Gasteiger partial charge is 0.416 e. The van der Waals surface area contributed by atoms with E-state index in [-0.39, 0.29) is 10.7 Å². The number of carbonyl (C=O) groups is 3. The summed E-state index contributed by atoms with van der Waals surface area (Å²) in [4.78, 5) is 33.9. The first-order chi connectivity index (χ1) is 13.2. The zero-order valence-corrected chi connectivity index (χ0v) is 14.8. The second-order valence-corrected chi connectivity index (χ2v) is 5.78. The average Bonchev–Trinajstić information content (AvgIpc) is 2.66. The molecular weight excluding hydrogens is 403 g/mol. The first-order valence-corrected chi connectivity index (χ1v) is 8.07. The minimum Gasteiger partial charge on any atom is -0.482 e. The highest BCUT2D eigenvalue weighted by atomic mass is 35.5. The highest BCUT2D eigenvalue weighted by molar-refractivity contribution is 6.33. The first kappa shape index (κ1) is 21.2. The molecule has 0 heterocycles. The lowest BCUT2D eigenvalue weighted by atomic mass is 10.2. The Hall–Kier alpha value is -3.07. The van der Waals surface area contributed by atoms with Gasteiger partial charge in [-0.25, -0.2) is 4.79 Å². The maximum absolute atomic E-state index is 12.7. The molecule has 0 spiro atoms. The molecule has 0 bridgehead atoms. The van der Waals surface area contributed by atoms with Crippen LogP contribution < -0.4 is 10.1 Å². The molecule has 28 heavy (non-hydrogen) atoms. The summed E-state index contributed by atoms with van der Waals surface area (Å²) in [5, 5.41) is 2.04. The number of aldehydes is 1. The number of anilines is 1. The van der Waals surface area contributed by atoms with Crippen LogP contribution in [0.2, 0.25) is 5.02 Å². The fourth-order valence-corrected chi connectivity index (χ4v) is 2.12. The number of hydrogen-bond donors (Lipinski definition) is 1. The largest absolute Gasteiger partial charge is 0.482 e. The lowest BCUT2D eigenvalue weighted by molar-refractivity contribution is -0.149. The van der Waals surface area contributed by atoms with Crippen molar-refractivity contribution in [3.8, 4) is 5.75 Å². The Morgan fingerprint density at radius 1 is 1.07 bits per heavy atom. The van der Waals surface area contributed by atoms with Gasteiger partial charge in [-0.05, 0) is 42.5 Å². The van der Waals surface area contributed by atoms with Crippen LogP contribution in [0.25, 0.3) is 0 Å². The summed E-state index contributed by atoms with van der Waals surface area (Å²) in [6.07, 6.45) is -3.95. The molecule has 0 unspecified atom stereocenters. The molecule has 2 rings (SSSR count). The lowest BCUT2D eigenvalue weighted by Crippen LogP contribution is -2.24. The number of carbonyl (C=O) groups excluding carboxylic acids is 3. The summed E-state index contributed by atoms with van der Waals surface area (Å²) in [6, 6.07) is 8.36. The van der Waals surface area contributed by atoms with E-state index in [1.807, 2.05) is 0 Å². The Morgan fingerprint density at radius 3 is 2.36 bits per heavy atom. The zero-order chi connectivity index (χ0) is 20.7. The van der Waals surface area contributed by atoms with E-state index in [0.29, 0.717) is 23.7 Å². The van der Waals surface area contributed by atoms with Gasteiger partial charge >= 0.3 is 12.1 Å². The topological polar surface area (TPSA) is 81.7 Å². The van der Waals surface area contributed by atoms with Crippen LogP contribution in [0.4, 0.5) is 18.9 Å². The highest BCUT2D eigenvalue weighted by Gasteiger charge is 2.31. The molecule has 2 aromatic carbocycles. The standard InChI is InChI=1S/C18H13ClF3NO5/c19-14-6-3-12(18(20,21)22)7-15(14)23-16(25)9-28-17(26)10-27-13-4-1-11(8-24)2-5-13/h1-8H,9-10H2,(H,23,25). The third-order valence-corrected chi connectivity index (χ3v) is 3.63. The minimum atomic E-state index is -4.60. The van der Waals surface area contributed by atoms with Gasteiger partial charge in [0.05, 0.1) is 16.3 Å². The predicted octanol–water partition coefficient (Wildman–Crippen LogP) is 3.73. The van der Waals surface area contributed by atoms with Crippen LogP contribution in [0.1, 0.15) is 15.9 Å². The number of nitrogens with one attached hydrogen (secondary N) is 1. The summed E-state index contributed by atoms with van der Waals surface area (Å²) in [5.41, 5.74) is -0.817. The van der Waals surface area contributed by atoms with Crippen molar-refractivity contribution in [2.75, 3.05) is 18.5 Å². The number of esters is 1. The maximum Gasteiger partial charge on any atom is 0.416 e. The SMILES string of the molecule is O=Cc1ccc(OCC(=O)OCC(=O)Nc2cc(C(F)(F)F)ccc2Cl)cc1. The van der Waals surface area contributed by atoms with Gasteiger partial charge in [-0.3, -0.25) is 9.59 Å². The van der Waals surface area contributed by atoms with Crippen molar-refractivity contribution < 1.29 is 37.0 Å². The molecule has 2 aromatic rings. The molecule has 0 fully saturated rings. The fraction of sp³-hybridized carbons (Fsp3) is 0.167. The van der Waals surface area contributed by atoms with Gasteiger partial charge in [-0.1, -0.05) is 11.6 Å². The van der Waals surface area contributed by atoms with Crippen LogP contribution in [-0.4, -0.2) is 31.4 Å². The second kappa shape index (κ2) is 9.23. The van der Waals surface area contributed by atoms with Gasteiger partial charge < -0.3 is 14.8 Å². The average molecular weight is 416 g/mol. The molecule has 0 atom stereocenters. The molecule has 6 nitrogen and oxygen atoms in total. The van der Waals surface area contributed by atoms with E-state index in [1.165, 1.54) is 24.3 Å². The summed E-state index contributed by atoms with van der Waals surface area (Å²) in [7, 11) is 0. The number of rotatable bonds is 7. The van der Waals surface area contributed by atoms with E-state index >= 15 is 0 Å². The number of ether oxygens (including phenoxy) is 2. The van der Waals surface area contributed by atoms with Crippen molar-refractivity contribution in [1.29, 1.82) is 0 Å². The Balaban J connectivity index is 1.83. The molecule has 0 aliphatic carbocycles. The molecule has 0 saturated carbocycles. The van der Waals surface area contributed by atoms with Crippen LogP contribution in [0, 0.1) is 0 Å². The normalized spacial score (nSPS) is 10.9. The van der Waals surface area contributed by atoms with E-state index in [2.05, 4.69) is 10.1 Å². The van der Waals surface area contributed by atoms with Gasteiger partial charge in [0.2, 0.25) is 0 Å². The molecule has 0 radical (unpaired) electrons. The van der Waals surface area contributed by atoms with Crippen LogP contribution in [0.3, 0.4) is 0 Å². The number of halogens is 4. The van der Waals surface area contributed by atoms with Crippen molar-refractivity contribution in [3.05, 3.63) is 58.6 Å². The molecule has 0 aliphatic heterocycles. The summed E-state index contributed by atoms with van der Waals surface area (Å²) >= 11 is 5.76. The quantitative estimate of drug-likeness (QED) is 0.550. The molecular formula is C18H13ClF3NO5. The Kier molecular flexibility index (Phi) is 7.00. The monoisotopic (exact) mass is 415 g/mol. The van der Waals surface area contributed by atoms with Crippen molar-refractivity contribution in [1.82, 2.24) is 0 Å². The molecule has 148 valence electrons. The maximum atomic E-state index is 12.7. The Bertz CT molecular complexity index is 869. The van der Waals surface area contributed by atoms with E-state index in [1.54, 1.807) is 0 Å². The fourth-order valence-electron chi connectivity index (χ4n) is 1.96. The number of alkyl halides is 3. The third-order valence-electron chi connectivity index (χ3n) is 3.30. The van der Waals surface area contributed by atoms with E-state index in [0.717, 1.165) is 12.1 Å². The Labute approximate surface area is 162 Å². The van der Waals surface area contributed by atoms with Crippen molar-refractivity contribution in [3.63, 3.8) is 0 Å². The Morgan fingerprint density at radius 2 is 1.75 bits per heavy atom. The predicted molar refractivity (Wildman–Crippen MR) is 93.4 cm³/mol. The highest BCUT2D eigenvalue weighted by Crippen LogP contribution is 2.33. The van der Waals surface area contributed by atoms with Gasteiger partial charge in [0.1, 0.15) is 12.0 Å². The summed E-state index contributed by atoms with van der Waals surface area (Å²) < 4.78 is 47.9. The van der Waals surface area contributed by atoms with Crippen molar-refractivity contribution >= 4 is 35.5 Å². The van der Waals surface area contributed by atoms with E-state index in [4.69, 9.17) is 16.3 Å². The molecule has 0 aliphatic rings.